The van der Waals surface area contributed by atoms with Crippen LogP contribution in [0.25, 0.3) is 0 Å². The molecule has 0 bridgehead atoms. The molecule has 0 radical (unpaired) electrons. The predicted molar refractivity (Wildman–Crippen MR) is 101 cm³/mol. The van der Waals surface area contributed by atoms with Gasteiger partial charge in [-0.1, -0.05) is 0 Å². The molecule has 1 saturated heterocycles. The Bertz CT molecular complexity index is 574. The Kier molecular flexibility index (Phi) is 7.38. The molecule has 1 N–H and O–H groups in total. The molecule has 2 aliphatic heterocycles. The number of carbonyl (C=O) groups excluding carboxylic acids is 1. The molecule has 6 heteroatoms. The number of rotatable bonds is 5. The second-order valence-corrected chi connectivity index (χ2v) is 6.85. The first-order valence-electron chi connectivity index (χ1n) is 8.94. The molecule has 2 aliphatic rings. The summed E-state index contributed by atoms with van der Waals surface area (Å²) >= 11 is 0. The van der Waals surface area contributed by atoms with Gasteiger partial charge in [0.05, 0.1) is 13.0 Å². The second-order valence-electron chi connectivity index (χ2n) is 6.85. The maximum absolute atomic E-state index is 12.8. The van der Waals surface area contributed by atoms with Crippen LogP contribution in [0, 0.1) is 11.8 Å². The normalized spacial score (nSPS) is 20.2. The molecule has 140 valence electrons. The molecule has 0 aromatic heterocycles. The molecule has 0 spiro atoms. The van der Waals surface area contributed by atoms with Crippen molar-refractivity contribution in [2.75, 3.05) is 40.4 Å². The Labute approximate surface area is 156 Å². The summed E-state index contributed by atoms with van der Waals surface area (Å²) < 4.78 is 11.1. The molecule has 1 amide bonds. The van der Waals surface area contributed by atoms with Crippen molar-refractivity contribution in [2.45, 2.75) is 25.7 Å². The Balaban J connectivity index is 0.00000225. The van der Waals surface area contributed by atoms with Gasteiger partial charge in [0.2, 0.25) is 5.91 Å². The number of likely N-dealkylation sites (tertiary alicyclic amines) is 1. The quantitative estimate of drug-likeness (QED) is 0.867. The SMILES string of the molecule is CNCCC1CCN(C(=O)C2COc3ccc(OC)cc3C2)CC1.Cl. The lowest BCUT2D eigenvalue weighted by Gasteiger charge is -2.35. The first-order valence-corrected chi connectivity index (χ1v) is 8.94. The molecule has 3 rings (SSSR count). The monoisotopic (exact) mass is 368 g/mol. The Morgan fingerprint density at radius 3 is 2.80 bits per heavy atom. The highest BCUT2D eigenvalue weighted by atomic mass is 35.5. The second kappa shape index (κ2) is 9.30. The van der Waals surface area contributed by atoms with Crippen molar-refractivity contribution >= 4 is 18.3 Å². The van der Waals surface area contributed by atoms with E-state index >= 15 is 0 Å². The van der Waals surface area contributed by atoms with Crippen molar-refractivity contribution in [2.24, 2.45) is 11.8 Å². The summed E-state index contributed by atoms with van der Waals surface area (Å²) in [5, 5.41) is 3.21. The molecule has 0 aliphatic carbocycles. The molecular formula is C19H29ClN2O3. The number of piperidine rings is 1. The molecular weight excluding hydrogens is 340 g/mol. The molecule has 0 saturated carbocycles. The van der Waals surface area contributed by atoms with Crippen LogP contribution in [0.4, 0.5) is 0 Å². The van der Waals surface area contributed by atoms with Gasteiger partial charge in [0.1, 0.15) is 18.1 Å². The third-order valence-electron chi connectivity index (χ3n) is 5.25. The average molecular weight is 369 g/mol. The van der Waals surface area contributed by atoms with Crippen LogP contribution in [0.2, 0.25) is 0 Å². The molecule has 1 aromatic carbocycles. The minimum atomic E-state index is -0.0709. The van der Waals surface area contributed by atoms with E-state index in [4.69, 9.17) is 9.47 Å². The van der Waals surface area contributed by atoms with Gasteiger partial charge in [-0.15, -0.1) is 12.4 Å². The van der Waals surface area contributed by atoms with Gasteiger partial charge in [-0.2, -0.15) is 0 Å². The summed E-state index contributed by atoms with van der Waals surface area (Å²) in [6.07, 6.45) is 4.18. The van der Waals surface area contributed by atoms with Gasteiger partial charge in [0.15, 0.2) is 0 Å². The van der Waals surface area contributed by atoms with Gasteiger partial charge >= 0.3 is 0 Å². The van der Waals surface area contributed by atoms with Crippen molar-refractivity contribution in [3.05, 3.63) is 23.8 Å². The van der Waals surface area contributed by atoms with E-state index in [1.165, 1.54) is 6.42 Å². The molecule has 1 atom stereocenters. The molecule has 5 nitrogen and oxygen atoms in total. The number of nitrogens with one attached hydrogen (secondary N) is 1. The zero-order valence-corrected chi connectivity index (χ0v) is 15.9. The zero-order valence-electron chi connectivity index (χ0n) is 15.1. The predicted octanol–water partition coefficient (Wildman–Crippen LogP) is 2.52. The molecule has 1 unspecified atom stereocenters. The van der Waals surface area contributed by atoms with Crippen LogP contribution < -0.4 is 14.8 Å². The van der Waals surface area contributed by atoms with Gasteiger partial charge in [0.25, 0.3) is 0 Å². The van der Waals surface area contributed by atoms with Crippen LogP contribution in [0.3, 0.4) is 0 Å². The first kappa shape index (κ1) is 19.9. The maximum Gasteiger partial charge on any atom is 0.229 e. The highest BCUT2D eigenvalue weighted by molar-refractivity contribution is 5.85. The van der Waals surface area contributed by atoms with Crippen LogP contribution >= 0.6 is 12.4 Å². The fraction of sp³-hybridized carbons (Fsp3) is 0.632. The number of halogens is 1. The van der Waals surface area contributed by atoms with Crippen molar-refractivity contribution in [3.63, 3.8) is 0 Å². The van der Waals surface area contributed by atoms with Crippen molar-refractivity contribution in [1.29, 1.82) is 0 Å². The number of carbonyl (C=O) groups is 1. The van der Waals surface area contributed by atoms with Gasteiger partial charge in [-0.3, -0.25) is 4.79 Å². The standard InChI is InChI=1S/C19H28N2O3.ClH/c1-20-8-5-14-6-9-21(10-7-14)19(22)16-11-15-12-17(23-2)3-4-18(15)24-13-16;/h3-4,12,14,16,20H,5-11,13H2,1-2H3;1H. The molecule has 1 aromatic rings. The third-order valence-corrected chi connectivity index (χ3v) is 5.25. The smallest absolute Gasteiger partial charge is 0.229 e. The summed E-state index contributed by atoms with van der Waals surface area (Å²) in [7, 11) is 3.65. The van der Waals surface area contributed by atoms with E-state index in [1.54, 1.807) is 7.11 Å². The van der Waals surface area contributed by atoms with Crippen molar-refractivity contribution in [3.8, 4) is 11.5 Å². The molecule has 1 fully saturated rings. The van der Waals surface area contributed by atoms with Crippen molar-refractivity contribution in [1.82, 2.24) is 10.2 Å². The first-order chi connectivity index (χ1) is 11.7. The minimum Gasteiger partial charge on any atom is -0.497 e. The Hall–Kier alpha value is -1.46. The van der Waals surface area contributed by atoms with Crippen LogP contribution in [-0.4, -0.2) is 51.2 Å². The van der Waals surface area contributed by atoms with Crippen LogP contribution in [-0.2, 0) is 11.2 Å². The number of fused-ring (bicyclic) bond motifs is 1. The average Bonchev–Trinajstić information content (AvgIpc) is 2.65. The zero-order chi connectivity index (χ0) is 16.9. The fourth-order valence-corrected chi connectivity index (χ4v) is 3.71. The lowest BCUT2D eigenvalue weighted by atomic mass is 9.91. The van der Waals surface area contributed by atoms with Gasteiger partial charge in [-0.25, -0.2) is 0 Å². The van der Waals surface area contributed by atoms with Crippen molar-refractivity contribution < 1.29 is 14.3 Å². The van der Waals surface area contributed by atoms with E-state index in [-0.39, 0.29) is 24.2 Å². The van der Waals surface area contributed by atoms with E-state index < -0.39 is 0 Å². The summed E-state index contributed by atoms with van der Waals surface area (Å²) in [4.78, 5) is 14.9. The van der Waals surface area contributed by atoms with E-state index in [0.717, 1.165) is 61.9 Å². The van der Waals surface area contributed by atoms with Gasteiger partial charge in [0, 0.05) is 13.1 Å². The number of benzene rings is 1. The molecule has 2 heterocycles. The number of nitrogens with zero attached hydrogens (tertiary/aromatic N) is 1. The topological polar surface area (TPSA) is 50.8 Å². The van der Waals surface area contributed by atoms with E-state index in [1.807, 2.05) is 30.1 Å². The van der Waals surface area contributed by atoms with E-state index in [0.29, 0.717) is 6.61 Å². The summed E-state index contributed by atoms with van der Waals surface area (Å²) in [6, 6.07) is 5.82. The lowest BCUT2D eigenvalue weighted by molar-refractivity contribution is -0.138. The number of hydrogen-bond acceptors (Lipinski definition) is 4. The van der Waals surface area contributed by atoms with Crippen LogP contribution in [0.15, 0.2) is 18.2 Å². The van der Waals surface area contributed by atoms with E-state index in [2.05, 4.69) is 5.32 Å². The minimum absolute atomic E-state index is 0. The fourth-order valence-electron chi connectivity index (χ4n) is 3.71. The largest absolute Gasteiger partial charge is 0.497 e. The Morgan fingerprint density at radius 1 is 1.36 bits per heavy atom. The maximum atomic E-state index is 12.8. The number of methoxy groups -OCH3 is 1. The van der Waals surface area contributed by atoms with Crippen LogP contribution in [0.1, 0.15) is 24.8 Å². The third kappa shape index (κ3) is 4.79. The van der Waals surface area contributed by atoms with Gasteiger partial charge < -0.3 is 19.7 Å². The highest BCUT2D eigenvalue weighted by Crippen LogP contribution is 2.32. The van der Waals surface area contributed by atoms with Crippen LogP contribution in [0.5, 0.6) is 11.5 Å². The number of hydrogen-bond donors (Lipinski definition) is 1. The summed E-state index contributed by atoms with van der Waals surface area (Å²) in [5.74, 6) is 2.62. The molecule has 25 heavy (non-hydrogen) atoms. The number of ether oxygens (including phenoxy) is 2. The Morgan fingerprint density at radius 2 is 2.12 bits per heavy atom. The summed E-state index contributed by atoms with van der Waals surface area (Å²) in [6.45, 7) is 3.31. The summed E-state index contributed by atoms with van der Waals surface area (Å²) in [5.41, 5.74) is 1.07. The van der Waals surface area contributed by atoms with Gasteiger partial charge in [-0.05, 0) is 69.0 Å². The van der Waals surface area contributed by atoms with E-state index in [9.17, 15) is 4.79 Å². The number of amides is 1. The highest BCUT2D eigenvalue weighted by Gasteiger charge is 2.31. The lowest BCUT2D eigenvalue weighted by Crippen LogP contribution is -2.45.